The van der Waals surface area contributed by atoms with Gasteiger partial charge in [0.05, 0.1) is 6.04 Å². The molecule has 0 fully saturated rings. The summed E-state index contributed by atoms with van der Waals surface area (Å²) in [5.74, 6) is 5.78. The summed E-state index contributed by atoms with van der Waals surface area (Å²) in [6.45, 7) is 6.24. The smallest absolute Gasteiger partial charge is 0.0715 e. The maximum absolute atomic E-state index is 6.02. The molecule has 19 heavy (non-hydrogen) atoms. The van der Waals surface area contributed by atoms with Gasteiger partial charge in [-0.2, -0.15) is 0 Å². The fraction of sp³-hybridized carbons (Fsp3) is 0.250. The Bertz CT molecular complexity index is 593. The van der Waals surface area contributed by atoms with E-state index in [1.807, 2.05) is 18.2 Å². The molecule has 0 aromatic heterocycles. The van der Waals surface area contributed by atoms with Gasteiger partial charge in [0.25, 0.3) is 0 Å². The van der Waals surface area contributed by atoms with Gasteiger partial charge in [0.2, 0.25) is 0 Å². The Kier molecular flexibility index (Phi) is 4.25. The zero-order valence-corrected chi connectivity index (χ0v) is 12.3. The molecule has 1 atom stereocenters. The molecular formula is C16H19ClN2. The Hall–Kier alpha value is -1.35. The standard InChI is InChI=1S/C16H19ClN2/c1-10-4-5-11(2)15(8-10)16(19-18)14-7-6-13(17)9-12(14)3/h4-9,16,19H,18H2,1-3H3. The molecule has 3 N–H and O–H groups in total. The van der Waals surface area contributed by atoms with E-state index < -0.39 is 0 Å². The van der Waals surface area contributed by atoms with Crippen molar-refractivity contribution >= 4 is 11.6 Å². The van der Waals surface area contributed by atoms with Crippen LogP contribution in [0.15, 0.2) is 36.4 Å². The van der Waals surface area contributed by atoms with Gasteiger partial charge >= 0.3 is 0 Å². The highest BCUT2D eigenvalue weighted by Gasteiger charge is 2.16. The molecule has 1 unspecified atom stereocenters. The van der Waals surface area contributed by atoms with Gasteiger partial charge in [-0.15, -0.1) is 0 Å². The Labute approximate surface area is 119 Å². The normalized spacial score (nSPS) is 12.5. The average Bonchev–Trinajstić information content (AvgIpc) is 2.36. The van der Waals surface area contributed by atoms with Crippen LogP contribution in [0.4, 0.5) is 0 Å². The maximum atomic E-state index is 6.02. The third-order valence-corrected chi connectivity index (χ3v) is 3.69. The molecule has 2 aromatic rings. The van der Waals surface area contributed by atoms with E-state index in [-0.39, 0.29) is 6.04 Å². The lowest BCUT2D eigenvalue weighted by atomic mass is 9.91. The van der Waals surface area contributed by atoms with Crippen LogP contribution in [0.3, 0.4) is 0 Å². The van der Waals surface area contributed by atoms with E-state index in [1.165, 1.54) is 16.7 Å². The van der Waals surface area contributed by atoms with Crippen molar-refractivity contribution in [2.75, 3.05) is 0 Å². The Balaban J connectivity index is 2.52. The van der Waals surface area contributed by atoms with Crippen molar-refractivity contribution in [3.63, 3.8) is 0 Å². The minimum atomic E-state index is -0.0165. The van der Waals surface area contributed by atoms with Gasteiger partial charge in [-0.05, 0) is 55.2 Å². The maximum Gasteiger partial charge on any atom is 0.0715 e. The first-order chi connectivity index (χ1) is 9.02. The molecule has 0 heterocycles. The van der Waals surface area contributed by atoms with Gasteiger partial charge in [-0.1, -0.05) is 41.4 Å². The number of halogens is 1. The second-order valence-corrected chi connectivity index (χ2v) is 5.40. The molecule has 0 saturated carbocycles. The third kappa shape index (κ3) is 2.98. The molecule has 0 aliphatic rings. The summed E-state index contributed by atoms with van der Waals surface area (Å²) in [6, 6.07) is 12.3. The summed E-state index contributed by atoms with van der Waals surface area (Å²) in [6.07, 6.45) is 0. The molecule has 0 spiro atoms. The monoisotopic (exact) mass is 274 g/mol. The van der Waals surface area contributed by atoms with E-state index in [0.717, 1.165) is 16.1 Å². The van der Waals surface area contributed by atoms with Gasteiger partial charge < -0.3 is 0 Å². The lowest BCUT2D eigenvalue weighted by Crippen LogP contribution is -2.30. The van der Waals surface area contributed by atoms with Gasteiger partial charge in [0.1, 0.15) is 0 Å². The van der Waals surface area contributed by atoms with Crippen LogP contribution in [0.5, 0.6) is 0 Å². The lowest BCUT2D eigenvalue weighted by molar-refractivity contribution is 0.630. The van der Waals surface area contributed by atoms with Gasteiger partial charge in [-0.3, -0.25) is 5.84 Å². The predicted octanol–water partition coefficient (Wildman–Crippen LogP) is 3.82. The van der Waals surface area contributed by atoms with Crippen LogP contribution in [-0.2, 0) is 0 Å². The zero-order chi connectivity index (χ0) is 14.0. The topological polar surface area (TPSA) is 38.0 Å². The van der Waals surface area contributed by atoms with Gasteiger partial charge in [0.15, 0.2) is 0 Å². The van der Waals surface area contributed by atoms with Crippen molar-refractivity contribution in [2.45, 2.75) is 26.8 Å². The van der Waals surface area contributed by atoms with Crippen LogP contribution in [0.25, 0.3) is 0 Å². The largest absolute Gasteiger partial charge is 0.271 e. The molecular weight excluding hydrogens is 256 g/mol. The molecule has 0 radical (unpaired) electrons. The van der Waals surface area contributed by atoms with Crippen LogP contribution in [0, 0.1) is 20.8 Å². The third-order valence-electron chi connectivity index (χ3n) is 3.46. The molecule has 0 bridgehead atoms. The van der Waals surface area contributed by atoms with Crippen LogP contribution >= 0.6 is 11.6 Å². The summed E-state index contributed by atoms with van der Waals surface area (Å²) in [7, 11) is 0. The van der Waals surface area contributed by atoms with Crippen molar-refractivity contribution in [1.29, 1.82) is 0 Å². The number of benzene rings is 2. The van der Waals surface area contributed by atoms with Crippen molar-refractivity contribution < 1.29 is 0 Å². The summed E-state index contributed by atoms with van der Waals surface area (Å²) in [4.78, 5) is 0. The molecule has 0 aliphatic carbocycles. The molecule has 2 aromatic carbocycles. The van der Waals surface area contributed by atoms with E-state index in [0.29, 0.717) is 0 Å². The number of rotatable bonds is 3. The van der Waals surface area contributed by atoms with Crippen LogP contribution in [0.1, 0.15) is 33.9 Å². The minimum Gasteiger partial charge on any atom is -0.271 e. The van der Waals surface area contributed by atoms with E-state index in [2.05, 4.69) is 44.4 Å². The molecule has 2 nitrogen and oxygen atoms in total. The number of nitrogens with one attached hydrogen (secondary N) is 1. The number of aryl methyl sites for hydroxylation is 3. The first-order valence-corrected chi connectivity index (χ1v) is 6.70. The fourth-order valence-electron chi connectivity index (χ4n) is 2.38. The van der Waals surface area contributed by atoms with E-state index >= 15 is 0 Å². The minimum absolute atomic E-state index is 0.0165. The second-order valence-electron chi connectivity index (χ2n) is 4.96. The highest BCUT2D eigenvalue weighted by molar-refractivity contribution is 6.30. The molecule has 3 heteroatoms. The lowest BCUT2D eigenvalue weighted by Gasteiger charge is -2.21. The van der Waals surface area contributed by atoms with E-state index in [4.69, 9.17) is 17.4 Å². The van der Waals surface area contributed by atoms with Gasteiger partial charge in [0, 0.05) is 5.02 Å². The Morgan fingerprint density at radius 1 is 0.947 bits per heavy atom. The van der Waals surface area contributed by atoms with Crippen LogP contribution in [0.2, 0.25) is 5.02 Å². The average molecular weight is 275 g/mol. The summed E-state index contributed by atoms with van der Waals surface area (Å²) in [5.41, 5.74) is 8.86. The molecule has 0 amide bonds. The van der Waals surface area contributed by atoms with Crippen molar-refractivity contribution in [3.8, 4) is 0 Å². The number of hydrogen-bond acceptors (Lipinski definition) is 2. The summed E-state index contributed by atoms with van der Waals surface area (Å²) < 4.78 is 0. The summed E-state index contributed by atoms with van der Waals surface area (Å²) >= 11 is 6.02. The fourth-order valence-corrected chi connectivity index (χ4v) is 2.61. The van der Waals surface area contributed by atoms with Crippen LogP contribution < -0.4 is 11.3 Å². The van der Waals surface area contributed by atoms with Gasteiger partial charge in [-0.25, -0.2) is 5.43 Å². The highest BCUT2D eigenvalue weighted by Crippen LogP contribution is 2.28. The van der Waals surface area contributed by atoms with Crippen molar-refractivity contribution in [2.24, 2.45) is 5.84 Å². The molecule has 100 valence electrons. The Morgan fingerprint density at radius 2 is 1.68 bits per heavy atom. The molecule has 2 rings (SSSR count). The summed E-state index contributed by atoms with van der Waals surface area (Å²) in [5, 5.41) is 0.748. The van der Waals surface area contributed by atoms with Crippen LogP contribution in [-0.4, -0.2) is 0 Å². The van der Waals surface area contributed by atoms with E-state index in [1.54, 1.807) is 0 Å². The van der Waals surface area contributed by atoms with E-state index in [9.17, 15) is 0 Å². The molecule has 0 aliphatic heterocycles. The first-order valence-electron chi connectivity index (χ1n) is 6.32. The second kappa shape index (κ2) is 5.74. The quantitative estimate of drug-likeness (QED) is 0.660. The number of hydrogen-bond donors (Lipinski definition) is 2. The van der Waals surface area contributed by atoms with Crippen molar-refractivity contribution in [1.82, 2.24) is 5.43 Å². The Morgan fingerprint density at radius 3 is 2.32 bits per heavy atom. The first kappa shape index (κ1) is 14.1. The zero-order valence-electron chi connectivity index (χ0n) is 11.5. The SMILES string of the molecule is Cc1ccc(C)c(C(NN)c2ccc(Cl)cc2C)c1. The number of nitrogens with two attached hydrogens (primary N) is 1. The number of hydrazine groups is 1. The molecule has 0 saturated heterocycles. The van der Waals surface area contributed by atoms with Crippen molar-refractivity contribution in [3.05, 3.63) is 69.2 Å². The highest BCUT2D eigenvalue weighted by atomic mass is 35.5. The predicted molar refractivity (Wildman–Crippen MR) is 81.3 cm³/mol.